The minimum absolute atomic E-state index is 0.137. The van der Waals surface area contributed by atoms with Gasteiger partial charge >= 0.3 is 0 Å². The first-order valence-corrected chi connectivity index (χ1v) is 13.6. The van der Waals surface area contributed by atoms with Crippen LogP contribution in [0, 0.1) is 5.92 Å². The van der Waals surface area contributed by atoms with Gasteiger partial charge in [0.15, 0.2) is 0 Å². The molecule has 3 fully saturated rings. The van der Waals surface area contributed by atoms with E-state index in [1.54, 1.807) is 19.3 Å². The molecule has 0 unspecified atom stereocenters. The van der Waals surface area contributed by atoms with Gasteiger partial charge < -0.3 is 14.6 Å². The molecule has 2 aliphatic heterocycles. The lowest BCUT2D eigenvalue weighted by atomic mass is 9.75. The van der Waals surface area contributed by atoms with E-state index in [1.807, 2.05) is 35.9 Å². The van der Waals surface area contributed by atoms with Crippen LogP contribution < -0.4 is 5.32 Å². The maximum atomic E-state index is 14.0. The molecule has 10 heteroatoms. The number of hydrogen-bond donors (Lipinski definition) is 1. The topological polar surface area (TPSA) is 85.2 Å². The highest BCUT2D eigenvalue weighted by molar-refractivity contribution is 6.03. The monoisotopic (exact) mass is 536 g/mol. The summed E-state index contributed by atoms with van der Waals surface area (Å²) in [6.45, 7) is 3.96. The molecule has 0 radical (unpaired) electrons. The molecular formula is C29H34F2N6O2. The van der Waals surface area contributed by atoms with Crippen LogP contribution in [0.5, 0.6) is 0 Å². The smallest absolute Gasteiger partial charge is 0.274 e. The Labute approximate surface area is 226 Å². The van der Waals surface area contributed by atoms with Crippen molar-refractivity contribution >= 4 is 11.6 Å². The Balaban J connectivity index is 1.19. The SMILES string of the molecule is C[C@@H]1CN(Cc2cc(C(=O)Nc3cccc(C4(Cc5nncn5C)COC4)c3)nc(C3CC3)c2)CCC1(F)F. The molecule has 1 atom stereocenters. The van der Waals surface area contributed by atoms with E-state index < -0.39 is 11.8 Å². The lowest BCUT2D eigenvalue weighted by Crippen LogP contribution is -2.49. The minimum atomic E-state index is -2.62. The quantitative estimate of drug-likeness (QED) is 0.462. The van der Waals surface area contributed by atoms with Crippen molar-refractivity contribution in [1.29, 1.82) is 0 Å². The first-order valence-electron chi connectivity index (χ1n) is 13.6. The number of benzene rings is 1. The highest BCUT2D eigenvalue weighted by Crippen LogP contribution is 2.40. The van der Waals surface area contributed by atoms with Crippen LogP contribution in [0.4, 0.5) is 14.5 Å². The summed E-state index contributed by atoms with van der Waals surface area (Å²) in [5, 5.41) is 11.3. The highest BCUT2D eigenvalue weighted by Gasteiger charge is 2.42. The van der Waals surface area contributed by atoms with Gasteiger partial charge in [-0.25, -0.2) is 13.8 Å². The van der Waals surface area contributed by atoms with Gasteiger partial charge in [-0.1, -0.05) is 19.1 Å². The number of piperidine rings is 1. The van der Waals surface area contributed by atoms with E-state index in [0.29, 0.717) is 56.6 Å². The Morgan fingerprint density at radius 2 is 2.03 bits per heavy atom. The largest absolute Gasteiger partial charge is 0.379 e. The van der Waals surface area contributed by atoms with Gasteiger partial charge in [-0.3, -0.25) is 9.69 Å². The van der Waals surface area contributed by atoms with Crippen molar-refractivity contribution in [2.45, 2.75) is 56.4 Å². The standard InChI is InChI=1S/C29H34F2N6O2/c1-19-14-37(9-8-29(19,30)31)15-20-10-24(21-6-7-21)34-25(11-20)27(38)33-23-5-3-4-22(12-23)28(16-39-17-28)13-26-35-32-18-36(26)2/h3-5,10-12,18-19,21H,6-9,13-17H2,1-2H3,(H,33,38)/t19-/m1/s1. The Bertz CT molecular complexity index is 1370. The number of nitrogens with one attached hydrogen (secondary N) is 1. The van der Waals surface area contributed by atoms with Crippen molar-refractivity contribution < 1.29 is 18.3 Å². The summed E-state index contributed by atoms with van der Waals surface area (Å²) in [5.74, 6) is -2.34. The van der Waals surface area contributed by atoms with E-state index >= 15 is 0 Å². The predicted octanol–water partition coefficient (Wildman–Crippen LogP) is 4.33. The van der Waals surface area contributed by atoms with Crippen molar-refractivity contribution in [2.75, 3.05) is 31.6 Å². The fourth-order valence-electron chi connectivity index (χ4n) is 5.59. The second-order valence-electron chi connectivity index (χ2n) is 11.5. The van der Waals surface area contributed by atoms with E-state index in [2.05, 4.69) is 26.5 Å². The number of alkyl halides is 2. The molecular weight excluding hydrogens is 502 g/mol. The van der Waals surface area contributed by atoms with Crippen LogP contribution in [0.1, 0.15) is 65.2 Å². The van der Waals surface area contributed by atoms with Crippen LogP contribution in [0.25, 0.3) is 0 Å². The minimum Gasteiger partial charge on any atom is -0.379 e. The molecule has 2 aromatic heterocycles. The molecule has 4 heterocycles. The zero-order valence-electron chi connectivity index (χ0n) is 22.4. The number of hydrogen-bond acceptors (Lipinski definition) is 6. The number of amides is 1. The Kier molecular flexibility index (Phi) is 6.71. The Hall–Kier alpha value is -3.24. The van der Waals surface area contributed by atoms with Crippen molar-refractivity contribution in [1.82, 2.24) is 24.6 Å². The van der Waals surface area contributed by atoms with Gasteiger partial charge in [0.1, 0.15) is 17.8 Å². The van der Waals surface area contributed by atoms with E-state index in [9.17, 15) is 13.6 Å². The number of halogens is 2. The lowest BCUT2D eigenvalue weighted by molar-refractivity contribution is -0.100. The third-order valence-electron chi connectivity index (χ3n) is 8.34. The molecule has 2 saturated heterocycles. The zero-order valence-corrected chi connectivity index (χ0v) is 22.4. The second kappa shape index (κ2) is 10.1. The molecule has 0 spiro atoms. The highest BCUT2D eigenvalue weighted by atomic mass is 19.3. The maximum Gasteiger partial charge on any atom is 0.274 e. The van der Waals surface area contributed by atoms with Gasteiger partial charge in [0.05, 0.1) is 13.2 Å². The number of pyridine rings is 1. The van der Waals surface area contributed by atoms with Gasteiger partial charge in [0.2, 0.25) is 0 Å². The molecule has 1 aromatic carbocycles. The molecule has 1 amide bonds. The summed E-state index contributed by atoms with van der Waals surface area (Å²) in [5.41, 5.74) is 3.76. The normalized spacial score (nSPS) is 22.3. The fourth-order valence-corrected chi connectivity index (χ4v) is 5.59. The average molecular weight is 537 g/mol. The van der Waals surface area contributed by atoms with Crippen LogP contribution in [-0.2, 0) is 30.2 Å². The first kappa shape index (κ1) is 26.0. The van der Waals surface area contributed by atoms with Crippen molar-refractivity contribution in [3.8, 4) is 0 Å². The molecule has 1 saturated carbocycles. The first-order chi connectivity index (χ1) is 18.7. The number of aryl methyl sites for hydroxylation is 1. The Morgan fingerprint density at radius 1 is 1.21 bits per heavy atom. The predicted molar refractivity (Wildman–Crippen MR) is 142 cm³/mol. The molecule has 8 nitrogen and oxygen atoms in total. The van der Waals surface area contributed by atoms with Crippen LogP contribution in [0.15, 0.2) is 42.7 Å². The number of rotatable bonds is 8. The molecule has 0 bridgehead atoms. The van der Waals surface area contributed by atoms with E-state index in [1.165, 1.54) is 0 Å². The van der Waals surface area contributed by atoms with Crippen LogP contribution >= 0.6 is 0 Å². The molecule has 3 aromatic rings. The molecule has 1 aliphatic carbocycles. The summed E-state index contributed by atoms with van der Waals surface area (Å²) < 4.78 is 35.5. The van der Waals surface area contributed by atoms with Gasteiger partial charge in [-0.15, -0.1) is 10.2 Å². The maximum absolute atomic E-state index is 14.0. The van der Waals surface area contributed by atoms with E-state index in [4.69, 9.17) is 9.72 Å². The molecule has 3 aliphatic rings. The third kappa shape index (κ3) is 5.45. The number of ether oxygens (including phenoxy) is 1. The molecule has 1 N–H and O–H groups in total. The van der Waals surface area contributed by atoms with Gasteiger partial charge in [-0.05, 0) is 48.2 Å². The van der Waals surface area contributed by atoms with Gasteiger partial charge in [0, 0.05) is 68.2 Å². The average Bonchev–Trinajstić information content (AvgIpc) is 3.66. The third-order valence-corrected chi connectivity index (χ3v) is 8.34. The van der Waals surface area contributed by atoms with Crippen molar-refractivity contribution in [3.63, 3.8) is 0 Å². The van der Waals surface area contributed by atoms with Crippen LogP contribution in [-0.4, -0.2) is 62.8 Å². The number of likely N-dealkylation sites (tertiary alicyclic amines) is 1. The van der Waals surface area contributed by atoms with Gasteiger partial charge in [-0.2, -0.15) is 0 Å². The molecule has 6 rings (SSSR count). The number of carbonyl (C=O) groups is 1. The van der Waals surface area contributed by atoms with Gasteiger partial charge in [0.25, 0.3) is 11.8 Å². The second-order valence-corrected chi connectivity index (χ2v) is 11.5. The number of nitrogens with zero attached hydrogens (tertiary/aromatic N) is 5. The summed E-state index contributed by atoms with van der Waals surface area (Å²) in [7, 11) is 1.93. The Morgan fingerprint density at radius 3 is 2.69 bits per heavy atom. The van der Waals surface area contributed by atoms with E-state index in [-0.39, 0.29) is 17.7 Å². The van der Waals surface area contributed by atoms with Crippen LogP contribution in [0.2, 0.25) is 0 Å². The number of carbonyl (C=O) groups excluding carboxylic acids is 1. The lowest BCUT2D eigenvalue weighted by Gasteiger charge is -2.41. The fraction of sp³-hybridized carbons (Fsp3) is 0.517. The van der Waals surface area contributed by atoms with E-state index in [0.717, 1.165) is 35.5 Å². The summed E-state index contributed by atoms with van der Waals surface area (Å²) in [6.07, 6.45) is 4.36. The van der Waals surface area contributed by atoms with Crippen LogP contribution in [0.3, 0.4) is 0 Å². The molecule has 206 valence electrons. The summed E-state index contributed by atoms with van der Waals surface area (Å²) in [6, 6.07) is 11.7. The molecule has 39 heavy (non-hydrogen) atoms. The van der Waals surface area contributed by atoms with Crippen molar-refractivity contribution in [2.24, 2.45) is 13.0 Å². The zero-order chi connectivity index (χ0) is 27.2. The number of aromatic nitrogens is 4. The summed E-state index contributed by atoms with van der Waals surface area (Å²) >= 11 is 0. The number of anilines is 1. The summed E-state index contributed by atoms with van der Waals surface area (Å²) in [4.78, 5) is 20.1. The van der Waals surface area contributed by atoms with Crippen molar-refractivity contribution in [3.05, 3.63) is 71.1 Å².